The van der Waals surface area contributed by atoms with Crippen LogP contribution >= 0.6 is 0 Å². The number of aryl methyl sites for hydroxylation is 1. The van der Waals surface area contributed by atoms with E-state index in [0.29, 0.717) is 42.7 Å². The Labute approximate surface area is 209 Å². The van der Waals surface area contributed by atoms with Gasteiger partial charge in [0.15, 0.2) is 0 Å². The number of nitriles is 1. The first-order chi connectivity index (χ1) is 17.5. The number of anilines is 3. The van der Waals surface area contributed by atoms with E-state index in [4.69, 9.17) is 9.72 Å². The number of carbonyl (C=O) groups is 1. The second-order valence-electron chi connectivity index (χ2n) is 9.00. The van der Waals surface area contributed by atoms with E-state index in [1.807, 2.05) is 26.0 Å². The molecule has 2 N–H and O–H groups in total. The number of rotatable bonds is 7. The lowest BCUT2D eigenvalue weighted by molar-refractivity contribution is 0.102. The van der Waals surface area contributed by atoms with Gasteiger partial charge < -0.3 is 20.3 Å². The van der Waals surface area contributed by atoms with E-state index in [1.165, 1.54) is 0 Å². The van der Waals surface area contributed by atoms with Crippen LogP contribution in [0.15, 0.2) is 36.7 Å². The molecule has 0 bridgehead atoms. The lowest BCUT2D eigenvalue weighted by atomic mass is 10.0. The molecule has 0 spiro atoms. The fraction of sp³-hybridized carbons (Fsp3) is 0.385. The first kappa shape index (κ1) is 23.6. The summed E-state index contributed by atoms with van der Waals surface area (Å²) in [6.45, 7) is 7.44. The van der Waals surface area contributed by atoms with Gasteiger partial charge in [-0.25, -0.2) is 4.98 Å². The molecule has 0 aromatic carbocycles. The maximum absolute atomic E-state index is 13.0. The van der Waals surface area contributed by atoms with Crippen LogP contribution in [0.25, 0.3) is 11.3 Å². The molecule has 0 unspecified atom stereocenters. The van der Waals surface area contributed by atoms with E-state index in [9.17, 15) is 10.1 Å². The molecule has 3 aromatic rings. The third kappa shape index (κ3) is 4.83. The highest BCUT2D eigenvalue weighted by Gasteiger charge is 2.46. The van der Waals surface area contributed by atoms with E-state index in [1.54, 1.807) is 24.5 Å². The molecule has 10 heteroatoms. The summed E-state index contributed by atoms with van der Waals surface area (Å²) in [6.07, 6.45) is 4.75. The van der Waals surface area contributed by atoms with Crippen LogP contribution in [-0.4, -0.2) is 58.7 Å². The molecule has 36 heavy (non-hydrogen) atoms. The number of ether oxygens (including phenoxy) is 1. The van der Waals surface area contributed by atoms with Crippen LogP contribution in [0.4, 0.5) is 17.5 Å². The predicted molar refractivity (Wildman–Crippen MR) is 136 cm³/mol. The number of hydrogen-bond donors (Lipinski definition) is 2. The van der Waals surface area contributed by atoms with Crippen molar-refractivity contribution in [2.24, 2.45) is 0 Å². The summed E-state index contributed by atoms with van der Waals surface area (Å²) in [7, 11) is 0. The normalized spacial score (nSPS) is 16.2. The van der Waals surface area contributed by atoms with Crippen molar-refractivity contribution in [3.63, 3.8) is 0 Å². The Bertz CT molecular complexity index is 1330. The number of carbonyl (C=O) groups excluding carboxylic acids is 1. The summed E-state index contributed by atoms with van der Waals surface area (Å²) < 4.78 is 5.49. The second-order valence-corrected chi connectivity index (χ2v) is 9.00. The van der Waals surface area contributed by atoms with E-state index in [-0.39, 0.29) is 5.91 Å². The zero-order valence-corrected chi connectivity index (χ0v) is 20.4. The monoisotopic (exact) mass is 484 g/mol. The van der Waals surface area contributed by atoms with Crippen molar-refractivity contribution in [2.45, 2.75) is 32.1 Å². The van der Waals surface area contributed by atoms with Gasteiger partial charge >= 0.3 is 0 Å². The van der Waals surface area contributed by atoms with Crippen LogP contribution in [0.3, 0.4) is 0 Å². The first-order valence-corrected chi connectivity index (χ1v) is 12.1. The maximum Gasteiger partial charge on any atom is 0.255 e. The van der Waals surface area contributed by atoms with Crippen LogP contribution in [0.5, 0.6) is 0 Å². The summed E-state index contributed by atoms with van der Waals surface area (Å²) in [5.41, 5.74) is 3.42. The highest BCUT2D eigenvalue weighted by atomic mass is 16.5. The van der Waals surface area contributed by atoms with Crippen LogP contribution in [-0.2, 0) is 10.2 Å². The number of morpholine rings is 1. The highest BCUT2D eigenvalue weighted by molar-refractivity contribution is 6.04. The quantitative estimate of drug-likeness (QED) is 0.519. The molecule has 0 radical (unpaired) electrons. The smallest absolute Gasteiger partial charge is 0.255 e. The Kier molecular flexibility index (Phi) is 6.48. The van der Waals surface area contributed by atoms with Crippen molar-refractivity contribution in [1.82, 2.24) is 19.9 Å². The van der Waals surface area contributed by atoms with Gasteiger partial charge in [0.05, 0.1) is 48.0 Å². The van der Waals surface area contributed by atoms with E-state index in [2.05, 4.69) is 36.6 Å². The number of hydrogen-bond acceptors (Lipinski definition) is 9. The minimum atomic E-state index is -0.551. The molecule has 2 fully saturated rings. The van der Waals surface area contributed by atoms with Gasteiger partial charge in [-0.2, -0.15) is 10.2 Å². The fourth-order valence-corrected chi connectivity index (χ4v) is 4.21. The molecule has 4 heterocycles. The predicted octanol–water partition coefficient (Wildman–Crippen LogP) is 3.32. The standard InChI is InChI=1S/C26H28N8O2/c1-3-28-25-32-21(14-23(33-25)34-8-10-36-11-9-34)20-13-19(15-30-17(20)2)31-24(35)18-4-7-29-22(12-18)26(16-27)5-6-26/h4,7,12-15H,3,5-6,8-11H2,1-2H3,(H,31,35)(H,28,32,33). The fourth-order valence-electron chi connectivity index (χ4n) is 4.21. The van der Waals surface area contributed by atoms with Crippen molar-refractivity contribution in [1.29, 1.82) is 5.26 Å². The van der Waals surface area contributed by atoms with Crippen molar-refractivity contribution in [3.05, 3.63) is 53.6 Å². The summed E-state index contributed by atoms with van der Waals surface area (Å²) in [5, 5.41) is 15.6. The average Bonchev–Trinajstić information content (AvgIpc) is 3.72. The lowest BCUT2D eigenvalue weighted by Crippen LogP contribution is -2.37. The van der Waals surface area contributed by atoms with Crippen LogP contribution in [0.2, 0.25) is 0 Å². The molecule has 2 aliphatic rings. The molecule has 1 saturated heterocycles. The highest BCUT2D eigenvalue weighted by Crippen LogP contribution is 2.46. The minimum absolute atomic E-state index is 0.283. The number of amides is 1. The SMILES string of the molecule is CCNc1nc(-c2cc(NC(=O)c3ccnc(C4(C#N)CC4)c3)cnc2C)cc(N2CCOCC2)n1. The van der Waals surface area contributed by atoms with Crippen molar-refractivity contribution in [3.8, 4) is 17.3 Å². The Morgan fingerprint density at radius 3 is 2.72 bits per heavy atom. The van der Waals surface area contributed by atoms with Gasteiger partial charge in [-0.15, -0.1) is 0 Å². The molecule has 1 aliphatic carbocycles. The Hall–Kier alpha value is -4.10. The third-order valence-electron chi connectivity index (χ3n) is 6.48. The summed E-state index contributed by atoms with van der Waals surface area (Å²) >= 11 is 0. The van der Waals surface area contributed by atoms with Gasteiger partial charge in [0.2, 0.25) is 5.95 Å². The summed E-state index contributed by atoms with van der Waals surface area (Å²) in [5.74, 6) is 1.08. The average molecular weight is 485 g/mol. The molecule has 0 atom stereocenters. The zero-order valence-electron chi connectivity index (χ0n) is 20.4. The van der Waals surface area contributed by atoms with Crippen LogP contribution in [0, 0.1) is 18.3 Å². The minimum Gasteiger partial charge on any atom is -0.378 e. The van der Waals surface area contributed by atoms with Crippen molar-refractivity contribution < 1.29 is 9.53 Å². The van der Waals surface area contributed by atoms with Crippen LogP contribution < -0.4 is 15.5 Å². The van der Waals surface area contributed by atoms with Gasteiger partial charge in [0.25, 0.3) is 5.91 Å². The molecule has 1 saturated carbocycles. The maximum atomic E-state index is 13.0. The molecule has 10 nitrogen and oxygen atoms in total. The first-order valence-electron chi connectivity index (χ1n) is 12.1. The Balaban J connectivity index is 1.43. The van der Waals surface area contributed by atoms with Gasteiger partial charge in [-0.05, 0) is 44.9 Å². The second kappa shape index (κ2) is 9.87. The zero-order chi connectivity index (χ0) is 25.1. The molecule has 1 amide bonds. The molecule has 3 aromatic heterocycles. The largest absolute Gasteiger partial charge is 0.378 e. The Morgan fingerprint density at radius 1 is 1.19 bits per heavy atom. The lowest BCUT2D eigenvalue weighted by Gasteiger charge is -2.28. The number of aromatic nitrogens is 4. The molecular formula is C26H28N8O2. The van der Waals surface area contributed by atoms with E-state index < -0.39 is 5.41 Å². The molecule has 184 valence electrons. The Morgan fingerprint density at radius 2 is 2.00 bits per heavy atom. The molecule has 5 rings (SSSR count). The van der Waals surface area contributed by atoms with Gasteiger partial charge in [-0.1, -0.05) is 0 Å². The molecular weight excluding hydrogens is 456 g/mol. The summed E-state index contributed by atoms with van der Waals surface area (Å²) in [6, 6.07) is 9.51. The third-order valence-corrected chi connectivity index (χ3v) is 6.48. The van der Waals surface area contributed by atoms with E-state index in [0.717, 1.165) is 48.7 Å². The van der Waals surface area contributed by atoms with Gasteiger partial charge in [-0.3, -0.25) is 14.8 Å². The van der Waals surface area contributed by atoms with E-state index >= 15 is 0 Å². The number of nitrogens with one attached hydrogen (secondary N) is 2. The number of nitrogens with zero attached hydrogens (tertiary/aromatic N) is 6. The topological polar surface area (TPSA) is 129 Å². The van der Waals surface area contributed by atoms with Gasteiger partial charge in [0, 0.05) is 48.7 Å². The van der Waals surface area contributed by atoms with Gasteiger partial charge in [0.1, 0.15) is 5.82 Å². The van der Waals surface area contributed by atoms with Crippen LogP contribution in [0.1, 0.15) is 41.5 Å². The summed E-state index contributed by atoms with van der Waals surface area (Å²) in [4.78, 5) is 33.4. The van der Waals surface area contributed by atoms with Crippen molar-refractivity contribution >= 4 is 23.4 Å². The molecule has 1 aliphatic heterocycles. The number of pyridine rings is 2. The van der Waals surface area contributed by atoms with Crippen molar-refractivity contribution in [2.75, 3.05) is 48.4 Å².